The predicted octanol–water partition coefficient (Wildman–Crippen LogP) is 8.31. The van der Waals surface area contributed by atoms with E-state index in [1.165, 1.54) is 44.3 Å². The molecule has 7 aromatic rings. The first-order chi connectivity index (χ1) is 20.9. The van der Waals surface area contributed by atoms with Crippen LogP contribution >= 0.6 is 15.8 Å². The number of benzene rings is 7. The molecule has 0 heterocycles. The van der Waals surface area contributed by atoms with Crippen molar-refractivity contribution in [1.82, 2.24) is 0 Å². The molecule has 43 heavy (non-hydrogen) atoms. The molecule has 0 fully saturated rings. The van der Waals surface area contributed by atoms with E-state index in [0.29, 0.717) is 0 Å². The number of rotatable bonds is 7. The minimum absolute atomic E-state index is 0. The minimum atomic E-state index is -0.783. The Morgan fingerprint density at radius 3 is 0.953 bits per heavy atom. The van der Waals surface area contributed by atoms with Gasteiger partial charge in [0.25, 0.3) is 0 Å². The molecule has 3 heteroatoms. The van der Waals surface area contributed by atoms with E-state index in [0.717, 1.165) is 10.8 Å². The van der Waals surface area contributed by atoms with Crippen LogP contribution in [0.5, 0.6) is 0 Å². The first-order valence-electron chi connectivity index (χ1n) is 14.5. The summed E-state index contributed by atoms with van der Waals surface area (Å²) < 4.78 is 0. The third-order valence-corrected chi connectivity index (χ3v) is 13.7. The van der Waals surface area contributed by atoms with Gasteiger partial charge in [-0.05, 0) is 48.5 Å². The van der Waals surface area contributed by atoms with E-state index >= 15 is 0 Å². The second-order valence-electron chi connectivity index (χ2n) is 10.3. The van der Waals surface area contributed by atoms with Gasteiger partial charge < -0.3 is 0 Å². The monoisotopic (exact) mass is 771 g/mol. The van der Waals surface area contributed by atoms with Crippen molar-refractivity contribution in [3.05, 3.63) is 182 Å². The molecule has 0 bridgehead atoms. The third-order valence-electron chi connectivity index (χ3n) is 7.58. The quantitative estimate of drug-likeness (QED) is 0.0870. The van der Waals surface area contributed by atoms with Crippen LogP contribution in [0.2, 0.25) is 0 Å². The van der Waals surface area contributed by atoms with E-state index in [2.05, 4.69) is 158 Å². The number of fused-ring (bicyclic) bond motifs is 3. The number of hydrogen-bond acceptors (Lipinski definition) is 0. The Balaban J connectivity index is 0.000000205. The SMILES string of the molecule is [Pt+2].[c-]1cccc2ccc3ccc[c-]c3c12.c1ccc([PH+](CC[PH+](c2ccccc2)c2ccccc2)c2ccccc2)cc1. The van der Waals surface area contributed by atoms with Crippen molar-refractivity contribution in [2.75, 3.05) is 12.3 Å². The van der Waals surface area contributed by atoms with Crippen molar-refractivity contribution in [3.63, 3.8) is 0 Å². The van der Waals surface area contributed by atoms with Gasteiger partial charge in [0.2, 0.25) is 0 Å². The topological polar surface area (TPSA) is 0 Å². The zero-order chi connectivity index (χ0) is 28.4. The van der Waals surface area contributed by atoms with Gasteiger partial charge in [-0.2, -0.15) is 35.0 Å². The van der Waals surface area contributed by atoms with Gasteiger partial charge in [-0.25, -0.2) is 10.8 Å². The minimum Gasteiger partial charge on any atom is -0.219 e. The van der Waals surface area contributed by atoms with Crippen LogP contribution in [0.25, 0.3) is 21.5 Å². The van der Waals surface area contributed by atoms with Gasteiger partial charge in [-0.1, -0.05) is 72.8 Å². The van der Waals surface area contributed by atoms with Crippen LogP contribution < -0.4 is 21.2 Å². The summed E-state index contributed by atoms with van der Waals surface area (Å²) in [6.45, 7) is 0. The fraction of sp³-hybridized carbons (Fsp3) is 0.0500. The molecule has 7 aromatic carbocycles. The van der Waals surface area contributed by atoms with Crippen molar-refractivity contribution in [3.8, 4) is 0 Å². The Labute approximate surface area is 272 Å². The van der Waals surface area contributed by atoms with Gasteiger partial charge in [-0.15, -0.1) is 36.4 Å². The van der Waals surface area contributed by atoms with Crippen molar-refractivity contribution in [2.24, 2.45) is 0 Å². The van der Waals surface area contributed by atoms with Gasteiger partial charge in [-0.3, -0.25) is 0 Å². The fourth-order valence-corrected chi connectivity index (χ4v) is 11.7. The van der Waals surface area contributed by atoms with E-state index in [1.807, 2.05) is 24.3 Å². The van der Waals surface area contributed by atoms with Crippen LogP contribution in [0, 0.1) is 12.1 Å². The van der Waals surface area contributed by atoms with Crippen molar-refractivity contribution >= 4 is 58.6 Å². The molecule has 212 valence electrons. The average molecular weight is 772 g/mol. The van der Waals surface area contributed by atoms with Gasteiger partial charge in [0.05, 0.1) is 37.1 Å². The van der Waals surface area contributed by atoms with Crippen LogP contribution in [-0.2, 0) is 21.1 Å². The average Bonchev–Trinajstić information content (AvgIpc) is 3.08. The van der Waals surface area contributed by atoms with Crippen LogP contribution in [0.3, 0.4) is 0 Å². The van der Waals surface area contributed by atoms with Gasteiger partial charge >= 0.3 is 21.1 Å². The first-order valence-corrected chi connectivity index (χ1v) is 17.9. The summed E-state index contributed by atoms with van der Waals surface area (Å²) in [4.78, 5) is 0. The molecule has 0 spiro atoms. The van der Waals surface area contributed by atoms with Crippen molar-refractivity contribution in [2.45, 2.75) is 0 Å². The standard InChI is InChI=1S/C26H24P2.C14H8.Pt/c1-5-13-23(14-6-1)27(24-15-7-2-8-16-24)21-22-28(25-17-9-3-10-18-25)26-19-11-4-12-20-26;1-3-7-13-11(5-1)9-10-12-6-2-4-8-14(12)13;/h1-20H,21-22H2;1-6,9-10H;/q;-2;+2/p+2. The first kappa shape index (κ1) is 31.0. The summed E-state index contributed by atoms with van der Waals surface area (Å²) in [5, 5.41) is 10.8. The summed E-state index contributed by atoms with van der Waals surface area (Å²) >= 11 is 0. The largest absolute Gasteiger partial charge is 2.00 e. The normalized spacial score (nSPS) is 10.7. The molecule has 0 aromatic heterocycles. The summed E-state index contributed by atoms with van der Waals surface area (Å²) in [6.07, 6.45) is 2.52. The van der Waals surface area contributed by atoms with E-state index in [4.69, 9.17) is 0 Å². The Morgan fingerprint density at radius 2 is 0.651 bits per heavy atom. The zero-order valence-electron chi connectivity index (χ0n) is 23.9. The smallest absolute Gasteiger partial charge is 0.219 e. The third kappa shape index (κ3) is 7.96. The molecular formula is C40H34P2Pt+2. The van der Waals surface area contributed by atoms with Crippen molar-refractivity contribution < 1.29 is 21.1 Å². The maximum absolute atomic E-state index is 3.26. The molecule has 0 atom stereocenters. The van der Waals surface area contributed by atoms with Crippen LogP contribution in [0.4, 0.5) is 0 Å². The van der Waals surface area contributed by atoms with E-state index in [-0.39, 0.29) is 21.1 Å². The maximum Gasteiger partial charge on any atom is 2.00 e. The Bertz CT molecular complexity index is 1610. The van der Waals surface area contributed by atoms with Crippen LogP contribution in [-0.4, -0.2) is 12.3 Å². The molecule has 0 aliphatic rings. The summed E-state index contributed by atoms with van der Waals surface area (Å²) in [5.41, 5.74) is 0. The molecule has 0 N–H and O–H groups in total. The number of hydrogen-bond donors (Lipinski definition) is 0. The Morgan fingerprint density at radius 1 is 0.349 bits per heavy atom. The maximum atomic E-state index is 3.26. The molecule has 0 nitrogen and oxygen atoms in total. The van der Waals surface area contributed by atoms with E-state index in [9.17, 15) is 0 Å². The molecule has 7 rings (SSSR count). The second kappa shape index (κ2) is 15.9. The molecule has 0 amide bonds. The van der Waals surface area contributed by atoms with Gasteiger partial charge in [0.1, 0.15) is 12.3 Å². The molecule has 0 aliphatic carbocycles. The van der Waals surface area contributed by atoms with E-state index in [1.54, 1.807) is 0 Å². The predicted molar refractivity (Wildman–Crippen MR) is 190 cm³/mol. The Hall–Kier alpha value is -3.39. The van der Waals surface area contributed by atoms with E-state index < -0.39 is 15.8 Å². The summed E-state index contributed by atoms with van der Waals surface area (Å²) in [6, 6.07) is 67.4. The van der Waals surface area contributed by atoms with Gasteiger partial charge in [0, 0.05) is 0 Å². The van der Waals surface area contributed by atoms with Crippen LogP contribution in [0.1, 0.15) is 0 Å². The molecule has 0 radical (unpaired) electrons. The second-order valence-corrected chi connectivity index (χ2v) is 15.5. The molecule has 0 aliphatic heterocycles. The summed E-state index contributed by atoms with van der Waals surface area (Å²) in [7, 11) is -1.57. The molecular weight excluding hydrogens is 737 g/mol. The van der Waals surface area contributed by atoms with Crippen molar-refractivity contribution in [1.29, 1.82) is 0 Å². The summed E-state index contributed by atoms with van der Waals surface area (Å²) in [5.74, 6) is 0. The molecule has 0 unspecified atom stereocenters. The zero-order valence-corrected chi connectivity index (χ0v) is 28.2. The van der Waals surface area contributed by atoms with Crippen LogP contribution in [0.15, 0.2) is 170 Å². The molecule has 0 saturated heterocycles. The van der Waals surface area contributed by atoms with Gasteiger partial charge in [0.15, 0.2) is 0 Å². The Kier molecular flexibility index (Phi) is 11.5. The fourth-order valence-electron chi connectivity index (χ4n) is 5.51. The molecule has 0 saturated carbocycles.